The molecule has 1 heterocycles. The molecule has 0 radical (unpaired) electrons. The van der Waals surface area contributed by atoms with Gasteiger partial charge in [-0.25, -0.2) is 9.97 Å². The van der Waals surface area contributed by atoms with Crippen LogP contribution in [-0.2, 0) is 0 Å². The molecule has 0 fully saturated rings. The Hall–Kier alpha value is -7.68. The fraction of sp³-hybridized carbons (Fsp3) is 0. The highest BCUT2D eigenvalue weighted by atomic mass is 14.9. The van der Waals surface area contributed by atoms with Gasteiger partial charge in [0.25, 0.3) is 0 Å². The van der Waals surface area contributed by atoms with Crippen LogP contribution in [0.2, 0.25) is 0 Å². The Bertz CT molecular complexity index is 3330. The van der Waals surface area contributed by atoms with E-state index in [1.54, 1.807) is 0 Å². The molecule has 0 bridgehead atoms. The molecular weight excluding hydrogens is 701 g/mol. The van der Waals surface area contributed by atoms with Gasteiger partial charge in [-0.05, 0) is 107 Å². The molecule has 11 aromatic rings. The van der Waals surface area contributed by atoms with Gasteiger partial charge in [0.1, 0.15) is 0 Å². The van der Waals surface area contributed by atoms with E-state index in [2.05, 4.69) is 200 Å². The zero-order chi connectivity index (χ0) is 38.4. The summed E-state index contributed by atoms with van der Waals surface area (Å²) in [4.78, 5) is 10.3. The first-order valence-electron chi connectivity index (χ1n) is 19.8. The number of hydrogen-bond acceptors (Lipinski definition) is 2. The maximum atomic E-state index is 5.18. The van der Waals surface area contributed by atoms with Gasteiger partial charge >= 0.3 is 0 Å². The minimum absolute atomic E-state index is 0.703. The SMILES string of the molecule is c1ccc(-c2nc(-c3ccc(-c4ccc5ccccc5c4)cc3)cc(-c3cccc(-c4cccc(-c5c6ccccc6cc6c5ccc5ccccc56)c4)c3)n2)cc1. The van der Waals surface area contributed by atoms with Gasteiger partial charge in [-0.3, -0.25) is 0 Å². The first-order chi connectivity index (χ1) is 28.7. The van der Waals surface area contributed by atoms with E-state index < -0.39 is 0 Å². The second-order valence-electron chi connectivity index (χ2n) is 15.0. The molecule has 58 heavy (non-hydrogen) atoms. The summed E-state index contributed by atoms with van der Waals surface area (Å²) in [6, 6.07) is 78.3. The molecule has 10 aromatic carbocycles. The predicted molar refractivity (Wildman–Crippen MR) is 245 cm³/mol. The van der Waals surface area contributed by atoms with Gasteiger partial charge in [0.05, 0.1) is 11.4 Å². The van der Waals surface area contributed by atoms with Gasteiger partial charge in [0.15, 0.2) is 5.82 Å². The Morgan fingerprint density at radius 1 is 0.224 bits per heavy atom. The lowest BCUT2D eigenvalue weighted by atomic mass is 9.88. The van der Waals surface area contributed by atoms with Gasteiger partial charge in [-0.15, -0.1) is 0 Å². The zero-order valence-corrected chi connectivity index (χ0v) is 31.7. The molecular formula is C56H36N2. The van der Waals surface area contributed by atoms with Crippen LogP contribution in [-0.4, -0.2) is 9.97 Å². The number of hydrogen-bond donors (Lipinski definition) is 0. The Morgan fingerprint density at radius 3 is 1.55 bits per heavy atom. The highest BCUT2D eigenvalue weighted by Crippen LogP contribution is 2.41. The molecule has 0 saturated heterocycles. The molecule has 0 amide bonds. The van der Waals surface area contributed by atoms with Crippen LogP contribution in [0.1, 0.15) is 0 Å². The van der Waals surface area contributed by atoms with Crippen molar-refractivity contribution in [2.24, 2.45) is 0 Å². The highest BCUT2D eigenvalue weighted by molar-refractivity contribution is 6.20. The van der Waals surface area contributed by atoms with Gasteiger partial charge in [0.2, 0.25) is 0 Å². The number of aromatic nitrogens is 2. The van der Waals surface area contributed by atoms with Crippen molar-refractivity contribution in [3.63, 3.8) is 0 Å². The highest BCUT2D eigenvalue weighted by Gasteiger charge is 2.15. The normalized spacial score (nSPS) is 11.4. The maximum absolute atomic E-state index is 5.18. The molecule has 1 aromatic heterocycles. The van der Waals surface area contributed by atoms with Crippen molar-refractivity contribution >= 4 is 43.1 Å². The Kier molecular flexibility index (Phi) is 8.19. The van der Waals surface area contributed by atoms with Gasteiger partial charge in [-0.2, -0.15) is 0 Å². The van der Waals surface area contributed by atoms with Crippen LogP contribution in [0.5, 0.6) is 0 Å². The molecule has 2 heteroatoms. The lowest BCUT2D eigenvalue weighted by molar-refractivity contribution is 1.18. The van der Waals surface area contributed by atoms with Crippen molar-refractivity contribution in [2.75, 3.05) is 0 Å². The summed E-state index contributed by atoms with van der Waals surface area (Å²) >= 11 is 0. The fourth-order valence-corrected chi connectivity index (χ4v) is 8.51. The summed E-state index contributed by atoms with van der Waals surface area (Å²) < 4.78 is 0. The van der Waals surface area contributed by atoms with E-state index in [4.69, 9.17) is 9.97 Å². The van der Waals surface area contributed by atoms with E-state index in [-0.39, 0.29) is 0 Å². The van der Waals surface area contributed by atoms with E-state index >= 15 is 0 Å². The number of benzene rings is 10. The maximum Gasteiger partial charge on any atom is 0.160 e. The van der Waals surface area contributed by atoms with Crippen LogP contribution in [0.25, 0.3) is 110 Å². The molecule has 0 atom stereocenters. The Labute approximate surface area is 337 Å². The molecule has 0 N–H and O–H groups in total. The van der Waals surface area contributed by atoms with Crippen LogP contribution in [0.15, 0.2) is 218 Å². The summed E-state index contributed by atoms with van der Waals surface area (Å²) in [7, 11) is 0. The van der Waals surface area contributed by atoms with E-state index in [1.807, 2.05) is 18.2 Å². The molecule has 11 rings (SSSR count). The number of fused-ring (bicyclic) bond motifs is 5. The van der Waals surface area contributed by atoms with E-state index in [0.717, 1.165) is 39.2 Å². The molecule has 270 valence electrons. The second-order valence-corrected chi connectivity index (χ2v) is 15.0. The predicted octanol–water partition coefficient (Wildman–Crippen LogP) is 15.1. The lowest BCUT2D eigenvalue weighted by Gasteiger charge is -2.15. The van der Waals surface area contributed by atoms with Crippen molar-refractivity contribution in [2.45, 2.75) is 0 Å². The van der Waals surface area contributed by atoms with Crippen molar-refractivity contribution in [3.05, 3.63) is 218 Å². The van der Waals surface area contributed by atoms with Crippen molar-refractivity contribution < 1.29 is 0 Å². The largest absolute Gasteiger partial charge is 0.228 e. The van der Waals surface area contributed by atoms with E-state index in [1.165, 1.54) is 65.3 Å². The van der Waals surface area contributed by atoms with Gasteiger partial charge < -0.3 is 0 Å². The standard InChI is InChI=1S/C56H36N2/c1-2-14-41(15-3-1)56-57-53(40-27-24-38(25-28-40)45-29-26-37-12-4-5-16-42(37)32-45)36-54(58-56)47-20-10-18-43(33-47)44-19-11-21-48(34-44)55-50-23-9-7-17-46(50)35-52-49-22-8-6-13-39(49)30-31-51(52)55/h1-36H. The molecule has 0 aliphatic carbocycles. The molecule has 0 aliphatic rings. The molecule has 2 nitrogen and oxygen atoms in total. The minimum atomic E-state index is 0.703. The first-order valence-corrected chi connectivity index (χ1v) is 19.8. The molecule has 0 saturated carbocycles. The molecule has 0 unspecified atom stereocenters. The topological polar surface area (TPSA) is 25.8 Å². The van der Waals surface area contributed by atoms with E-state index in [0.29, 0.717) is 5.82 Å². The van der Waals surface area contributed by atoms with Crippen molar-refractivity contribution in [1.29, 1.82) is 0 Å². The lowest BCUT2D eigenvalue weighted by Crippen LogP contribution is -1.96. The summed E-state index contributed by atoms with van der Waals surface area (Å²) in [5, 5.41) is 10.0. The third-order valence-electron chi connectivity index (χ3n) is 11.4. The number of nitrogens with zero attached hydrogens (tertiary/aromatic N) is 2. The van der Waals surface area contributed by atoms with Crippen LogP contribution in [0, 0.1) is 0 Å². The van der Waals surface area contributed by atoms with E-state index in [9.17, 15) is 0 Å². The Morgan fingerprint density at radius 2 is 0.759 bits per heavy atom. The third-order valence-corrected chi connectivity index (χ3v) is 11.4. The first kappa shape index (κ1) is 33.6. The average molecular weight is 737 g/mol. The third kappa shape index (κ3) is 6.09. The monoisotopic (exact) mass is 736 g/mol. The van der Waals surface area contributed by atoms with Crippen LogP contribution < -0.4 is 0 Å². The fourth-order valence-electron chi connectivity index (χ4n) is 8.51. The summed E-state index contributed by atoms with van der Waals surface area (Å²) in [5.74, 6) is 0.703. The van der Waals surface area contributed by atoms with Crippen molar-refractivity contribution in [3.8, 4) is 67.3 Å². The van der Waals surface area contributed by atoms with Crippen LogP contribution >= 0.6 is 0 Å². The summed E-state index contributed by atoms with van der Waals surface area (Å²) in [5.41, 5.74) is 12.0. The van der Waals surface area contributed by atoms with Crippen molar-refractivity contribution in [1.82, 2.24) is 9.97 Å². The van der Waals surface area contributed by atoms with Gasteiger partial charge in [-0.1, -0.05) is 188 Å². The molecule has 0 spiro atoms. The number of rotatable bonds is 6. The quantitative estimate of drug-likeness (QED) is 0.125. The average Bonchev–Trinajstić information content (AvgIpc) is 3.31. The second kappa shape index (κ2) is 14.1. The molecule has 0 aliphatic heterocycles. The summed E-state index contributed by atoms with van der Waals surface area (Å²) in [6.07, 6.45) is 0. The zero-order valence-electron chi connectivity index (χ0n) is 31.7. The van der Waals surface area contributed by atoms with Crippen LogP contribution in [0.4, 0.5) is 0 Å². The van der Waals surface area contributed by atoms with Gasteiger partial charge in [0, 0.05) is 16.7 Å². The summed E-state index contributed by atoms with van der Waals surface area (Å²) in [6.45, 7) is 0. The Balaban J connectivity index is 1.00. The smallest absolute Gasteiger partial charge is 0.160 e. The minimum Gasteiger partial charge on any atom is -0.228 e. The van der Waals surface area contributed by atoms with Crippen LogP contribution in [0.3, 0.4) is 0 Å².